The fourth-order valence-corrected chi connectivity index (χ4v) is 3.61. The van der Waals surface area contributed by atoms with Gasteiger partial charge in [-0.25, -0.2) is 0 Å². The van der Waals surface area contributed by atoms with Crippen LogP contribution in [0.2, 0.25) is 0 Å². The number of carbonyl (C=O) groups is 2. The second kappa shape index (κ2) is 10.2. The van der Waals surface area contributed by atoms with Crippen LogP contribution in [0.25, 0.3) is 5.69 Å². The Kier molecular flexibility index (Phi) is 6.92. The number of morpholine rings is 1. The summed E-state index contributed by atoms with van der Waals surface area (Å²) >= 11 is 0. The summed E-state index contributed by atoms with van der Waals surface area (Å²) in [5, 5.41) is 25.0. The van der Waals surface area contributed by atoms with E-state index in [1.807, 2.05) is 36.7 Å². The third-order valence-electron chi connectivity index (χ3n) is 5.44. The van der Waals surface area contributed by atoms with E-state index in [0.717, 1.165) is 18.8 Å². The van der Waals surface area contributed by atoms with E-state index in [4.69, 9.17) is 4.74 Å². The Bertz CT molecular complexity index is 1090. The van der Waals surface area contributed by atoms with Crippen molar-refractivity contribution >= 4 is 23.2 Å². The molecule has 1 saturated heterocycles. The van der Waals surface area contributed by atoms with Gasteiger partial charge in [0.15, 0.2) is 0 Å². The van der Waals surface area contributed by atoms with Crippen LogP contribution in [0, 0.1) is 0 Å². The van der Waals surface area contributed by atoms with Gasteiger partial charge >= 0.3 is 0 Å². The van der Waals surface area contributed by atoms with Gasteiger partial charge in [0.25, 0.3) is 5.91 Å². The quantitative estimate of drug-likeness (QED) is 0.436. The number of rotatable bonds is 7. The molecule has 4 rings (SSSR count). The van der Waals surface area contributed by atoms with Crippen molar-refractivity contribution in [2.75, 3.05) is 43.1 Å². The molecule has 9 heteroatoms. The van der Waals surface area contributed by atoms with Crippen molar-refractivity contribution in [3.63, 3.8) is 0 Å². The lowest BCUT2D eigenvalue weighted by Crippen LogP contribution is -2.46. The van der Waals surface area contributed by atoms with Crippen molar-refractivity contribution in [2.45, 2.75) is 6.04 Å². The number of nitrogens with one attached hydrogen (secondary N) is 2. The van der Waals surface area contributed by atoms with Gasteiger partial charge in [0.2, 0.25) is 5.91 Å². The van der Waals surface area contributed by atoms with E-state index in [0.29, 0.717) is 24.6 Å². The minimum Gasteiger partial charge on any atom is -0.507 e. The number of amides is 2. The molecule has 172 valence electrons. The van der Waals surface area contributed by atoms with Gasteiger partial charge < -0.3 is 35.1 Å². The molecule has 3 aromatic rings. The molecule has 33 heavy (non-hydrogen) atoms. The average Bonchev–Trinajstić information content (AvgIpc) is 3.38. The van der Waals surface area contributed by atoms with Gasteiger partial charge in [0.05, 0.1) is 25.4 Å². The highest BCUT2D eigenvalue weighted by molar-refractivity contribution is 6.02. The topological polar surface area (TPSA) is 116 Å². The summed E-state index contributed by atoms with van der Waals surface area (Å²) in [5.41, 5.74) is 2.25. The van der Waals surface area contributed by atoms with Crippen LogP contribution in [0.4, 0.5) is 11.4 Å². The van der Waals surface area contributed by atoms with E-state index in [-0.39, 0.29) is 11.3 Å². The van der Waals surface area contributed by atoms with Crippen molar-refractivity contribution in [1.82, 2.24) is 9.88 Å². The number of aromatic nitrogens is 1. The van der Waals surface area contributed by atoms with Crippen LogP contribution < -0.4 is 15.5 Å². The summed E-state index contributed by atoms with van der Waals surface area (Å²) in [7, 11) is 0. The van der Waals surface area contributed by atoms with Gasteiger partial charge in [-0.1, -0.05) is 0 Å². The van der Waals surface area contributed by atoms with Crippen molar-refractivity contribution in [1.29, 1.82) is 0 Å². The van der Waals surface area contributed by atoms with Crippen LogP contribution in [0.1, 0.15) is 10.4 Å². The molecule has 2 aromatic carbocycles. The number of hydrogen-bond donors (Lipinski definition) is 4. The largest absolute Gasteiger partial charge is 0.507 e. The number of benzene rings is 2. The lowest BCUT2D eigenvalue weighted by molar-refractivity contribution is -0.118. The highest BCUT2D eigenvalue weighted by Gasteiger charge is 2.23. The molecule has 0 bridgehead atoms. The molecule has 0 radical (unpaired) electrons. The summed E-state index contributed by atoms with van der Waals surface area (Å²) in [6.07, 6.45) is 3.62. The molecule has 0 unspecified atom stereocenters. The lowest BCUT2D eigenvalue weighted by atomic mass is 10.1. The monoisotopic (exact) mass is 450 g/mol. The van der Waals surface area contributed by atoms with E-state index in [9.17, 15) is 19.8 Å². The summed E-state index contributed by atoms with van der Waals surface area (Å²) in [6.45, 7) is 2.38. The maximum atomic E-state index is 12.7. The van der Waals surface area contributed by atoms with Crippen molar-refractivity contribution in [3.8, 4) is 11.4 Å². The van der Waals surface area contributed by atoms with E-state index < -0.39 is 24.5 Å². The molecule has 0 saturated carbocycles. The molecule has 4 N–H and O–H groups in total. The summed E-state index contributed by atoms with van der Waals surface area (Å²) in [5.74, 6) is -1.45. The molecular weight excluding hydrogens is 424 g/mol. The van der Waals surface area contributed by atoms with Crippen LogP contribution in [0.3, 0.4) is 0 Å². The number of aromatic hydroxyl groups is 1. The lowest BCUT2D eigenvalue weighted by Gasteiger charge is -2.29. The number of anilines is 2. The summed E-state index contributed by atoms with van der Waals surface area (Å²) in [4.78, 5) is 27.6. The fraction of sp³-hybridized carbons (Fsp3) is 0.250. The fourth-order valence-electron chi connectivity index (χ4n) is 3.61. The summed E-state index contributed by atoms with van der Waals surface area (Å²) < 4.78 is 7.14. The molecule has 9 nitrogen and oxygen atoms in total. The SMILES string of the molecule is O=C(N[C@@H](CO)C(=O)Nc1ccc(N2CCOCC2)cc1)c1cc(-n2cccc2)ccc1O. The standard InChI is InChI=1S/C24H26N4O5/c29-16-21(24(32)25-17-3-5-18(6-4-17)28-11-13-33-14-12-28)26-23(31)20-15-19(7-8-22(20)30)27-9-1-2-10-27/h1-10,15,21,29-30H,11-14,16H2,(H,25,32)(H,26,31)/t21-/m0/s1. The zero-order chi connectivity index (χ0) is 23.2. The maximum Gasteiger partial charge on any atom is 0.255 e. The van der Waals surface area contributed by atoms with E-state index in [2.05, 4.69) is 15.5 Å². The first kappa shape index (κ1) is 22.4. The first-order chi connectivity index (χ1) is 16.0. The average molecular weight is 450 g/mol. The number of aliphatic hydroxyl groups is 1. The molecule has 1 aliphatic rings. The van der Waals surface area contributed by atoms with Gasteiger partial charge in [-0.05, 0) is 54.6 Å². The molecule has 2 heterocycles. The Balaban J connectivity index is 1.40. The predicted octanol–water partition coefficient (Wildman–Crippen LogP) is 1.75. The minimum absolute atomic E-state index is 0.00214. The third kappa shape index (κ3) is 5.33. The number of phenolic OH excluding ortho intramolecular Hbond substituents is 1. The van der Waals surface area contributed by atoms with Crippen LogP contribution in [0.15, 0.2) is 67.0 Å². The second-order valence-electron chi connectivity index (χ2n) is 7.64. The first-order valence-corrected chi connectivity index (χ1v) is 10.7. The highest BCUT2D eigenvalue weighted by atomic mass is 16.5. The normalized spacial score (nSPS) is 14.5. The number of ether oxygens (including phenoxy) is 1. The van der Waals surface area contributed by atoms with E-state index in [1.54, 1.807) is 22.8 Å². The minimum atomic E-state index is -1.19. The van der Waals surface area contributed by atoms with E-state index >= 15 is 0 Å². The van der Waals surface area contributed by atoms with Crippen molar-refractivity contribution < 1.29 is 24.5 Å². The van der Waals surface area contributed by atoms with Crippen LogP contribution in [-0.2, 0) is 9.53 Å². The first-order valence-electron chi connectivity index (χ1n) is 10.7. The van der Waals surface area contributed by atoms with Gasteiger partial charge in [-0.3, -0.25) is 9.59 Å². The van der Waals surface area contributed by atoms with Gasteiger partial charge in [0, 0.05) is 42.5 Å². The van der Waals surface area contributed by atoms with Gasteiger partial charge in [0.1, 0.15) is 11.8 Å². The molecule has 1 aromatic heterocycles. The number of hydrogen-bond acceptors (Lipinski definition) is 6. The Morgan fingerprint density at radius 1 is 1.00 bits per heavy atom. The Morgan fingerprint density at radius 2 is 1.67 bits per heavy atom. The smallest absolute Gasteiger partial charge is 0.255 e. The Hall–Kier alpha value is -3.82. The molecule has 1 fully saturated rings. The molecule has 1 atom stereocenters. The Morgan fingerprint density at radius 3 is 2.33 bits per heavy atom. The summed E-state index contributed by atoms with van der Waals surface area (Å²) in [6, 6.07) is 14.4. The molecule has 0 spiro atoms. The molecule has 0 aliphatic carbocycles. The van der Waals surface area contributed by atoms with Crippen molar-refractivity contribution in [2.24, 2.45) is 0 Å². The van der Waals surface area contributed by atoms with Crippen LogP contribution in [-0.4, -0.2) is 65.5 Å². The van der Waals surface area contributed by atoms with Crippen LogP contribution in [0.5, 0.6) is 5.75 Å². The van der Waals surface area contributed by atoms with Crippen molar-refractivity contribution in [3.05, 3.63) is 72.6 Å². The third-order valence-corrected chi connectivity index (χ3v) is 5.44. The van der Waals surface area contributed by atoms with Crippen LogP contribution >= 0.6 is 0 Å². The Labute approximate surface area is 191 Å². The number of nitrogens with zero attached hydrogens (tertiary/aromatic N) is 2. The van der Waals surface area contributed by atoms with Gasteiger partial charge in [-0.2, -0.15) is 0 Å². The zero-order valence-electron chi connectivity index (χ0n) is 18.0. The predicted molar refractivity (Wildman–Crippen MR) is 124 cm³/mol. The number of phenols is 1. The molecule has 1 aliphatic heterocycles. The highest BCUT2D eigenvalue weighted by Crippen LogP contribution is 2.22. The zero-order valence-corrected chi connectivity index (χ0v) is 18.0. The molecular formula is C24H26N4O5. The number of carbonyl (C=O) groups excluding carboxylic acids is 2. The number of aliphatic hydroxyl groups excluding tert-OH is 1. The van der Waals surface area contributed by atoms with Gasteiger partial charge in [-0.15, -0.1) is 0 Å². The van der Waals surface area contributed by atoms with E-state index in [1.165, 1.54) is 12.1 Å². The maximum absolute atomic E-state index is 12.7. The second-order valence-corrected chi connectivity index (χ2v) is 7.64. The molecule has 2 amide bonds.